The minimum absolute atomic E-state index is 0.415. The highest BCUT2D eigenvalue weighted by atomic mass is 79.9. The minimum atomic E-state index is 0.415. The maximum Gasteiger partial charge on any atom is 0.196 e. The third kappa shape index (κ3) is 2.78. The molecular weight excluding hydrogens is 314 g/mol. The SMILES string of the molecule is CC1(C)CCCCC1C(Br)Cc1nc2ccccc2o1. The van der Waals surface area contributed by atoms with Crippen molar-refractivity contribution in [2.75, 3.05) is 0 Å². The van der Waals surface area contributed by atoms with E-state index in [-0.39, 0.29) is 0 Å². The summed E-state index contributed by atoms with van der Waals surface area (Å²) in [5.74, 6) is 1.56. The third-order valence-corrected chi connectivity index (χ3v) is 5.70. The Morgan fingerprint density at radius 2 is 2.15 bits per heavy atom. The van der Waals surface area contributed by atoms with Gasteiger partial charge >= 0.3 is 0 Å². The number of alkyl halides is 1. The molecule has 0 amide bonds. The van der Waals surface area contributed by atoms with Crippen molar-refractivity contribution in [1.82, 2.24) is 4.98 Å². The number of hydrogen-bond acceptors (Lipinski definition) is 2. The number of aromatic nitrogens is 1. The van der Waals surface area contributed by atoms with Crippen LogP contribution in [0.2, 0.25) is 0 Å². The number of rotatable bonds is 3. The summed E-state index contributed by atoms with van der Waals surface area (Å²) in [7, 11) is 0. The molecule has 0 spiro atoms. The Labute approximate surface area is 129 Å². The summed E-state index contributed by atoms with van der Waals surface area (Å²) in [4.78, 5) is 5.05. The topological polar surface area (TPSA) is 26.0 Å². The van der Waals surface area contributed by atoms with Crippen molar-refractivity contribution in [3.8, 4) is 0 Å². The number of halogens is 1. The van der Waals surface area contributed by atoms with Crippen LogP contribution >= 0.6 is 15.9 Å². The van der Waals surface area contributed by atoms with E-state index in [0.717, 1.165) is 23.4 Å². The van der Waals surface area contributed by atoms with E-state index >= 15 is 0 Å². The van der Waals surface area contributed by atoms with Crippen LogP contribution in [0.4, 0.5) is 0 Å². The zero-order valence-electron chi connectivity index (χ0n) is 12.2. The van der Waals surface area contributed by atoms with Crippen molar-refractivity contribution in [3.05, 3.63) is 30.2 Å². The van der Waals surface area contributed by atoms with Crippen molar-refractivity contribution in [2.45, 2.75) is 50.8 Å². The van der Waals surface area contributed by atoms with Gasteiger partial charge in [0.25, 0.3) is 0 Å². The molecule has 3 rings (SSSR count). The lowest BCUT2D eigenvalue weighted by Gasteiger charge is -2.41. The molecule has 2 atom stereocenters. The van der Waals surface area contributed by atoms with E-state index < -0.39 is 0 Å². The predicted molar refractivity (Wildman–Crippen MR) is 86.2 cm³/mol. The number of para-hydroxylation sites is 2. The van der Waals surface area contributed by atoms with Gasteiger partial charge in [-0.25, -0.2) is 4.98 Å². The molecule has 3 heteroatoms. The maximum absolute atomic E-state index is 5.86. The molecule has 108 valence electrons. The van der Waals surface area contributed by atoms with Gasteiger partial charge in [0.2, 0.25) is 0 Å². The second-order valence-corrected chi connectivity index (χ2v) is 7.81. The second kappa shape index (κ2) is 5.51. The monoisotopic (exact) mass is 335 g/mol. The summed E-state index contributed by atoms with van der Waals surface area (Å²) < 4.78 is 5.86. The molecule has 2 nitrogen and oxygen atoms in total. The zero-order valence-corrected chi connectivity index (χ0v) is 13.8. The number of nitrogens with zero attached hydrogens (tertiary/aromatic N) is 1. The largest absolute Gasteiger partial charge is 0.441 e. The van der Waals surface area contributed by atoms with Gasteiger partial charge in [-0.3, -0.25) is 0 Å². The van der Waals surface area contributed by atoms with Crippen molar-refractivity contribution < 1.29 is 4.42 Å². The van der Waals surface area contributed by atoms with Gasteiger partial charge in [-0.05, 0) is 36.3 Å². The Kier molecular flexibility index (Phi) is 3.89. The highest BCUT2D eigenvalue weighted by molar-refractivity contribution is 9.09. The quantitative estimate of drug-likeness (QED) is 0.706. The van der Waals surface area contributed by atoms with E-state index in [1.807, 2.05) is 24.3 Å². The van der Waals surface area contributed by atoms with E-state index in [4.69, 9.17) is 4.42 Å². The first-order valence-electron chi connectivity index (χ1n) is 7.55. The van der Waals surface area contributed by atoms with Gasteiger partial charge in [0.1, 0.15) is 5.52 Å². The molecule has 0 radical (unpaired) electrons. The highest BCUT2D eigenvalue weighted by Gasteiger charge is 2.36. The van der Waals surface area contributed by atoms with Crippen LogP contribution in [0.5, 0.6) is 0 Å². The maximum atomic E-state index is 5.86. The number of hydrogen-bond donors (Lipinski definition) is 0. The fourth-order valence-electron chi connectivity index (χ4n) is 3.51. The standard InChI is InChI=1S/C17H22BrNO/c1-17(2)10-6-5-7-12(17)13(18)11-16-19-14-8-3-4-9-15(14)20-16/h3-4,8-9,12-13H,5-7,10-11H2,1-2H3. The van der Waals surface area contributed by atoms with Gasteiger partial charge in [-0.15, -0.1) is 0 Å². The summed E-state index contributed by atoms with van der Waals surface area (Å²) in [6, 6.07) is 7.99. The van der Waals surface area contributed by atoms with Gasteiger partial charge in [0.05, 0.1) is 0 Å². The molecule has 2 aromatic rings. The molecule has 1 aromatic carbocycles. The van der Waals surface area contributed by atoms with Crippen LogP contribution in [0.1, 0.15) is 45.4 Å². The van der Waals surface area contributed by atoms with Gasteiger partial charge in [0, 0.05) is 11.2 Å². The predicted octanol–water partition coefficient (Wildman–Crippen LogP) is 5.35. The second-order valence-electron chi connectivity index (χ2n) is 6.64. The number of fused-ring (bicyclic) bond motifs is 1. The van der Waals surface area contributed by atoms with Crippen molar-refractivity contribution >= 4 is 27.0 Å². The molecule has 20 heavy (non-hydrogen) atoms. The average molecular weight is 336 g/mol. The molecule has 1 aromatic heterocycles. The van der Waals surface area contributed by atoms with Gasteiger partial charge in [0.15, 0.2) is 11.5 Å². The van der Waals surface area contributed by atoms with Crippen molar-refractivity contribution in [2.24, 2.45) is 11.3 Å². The van der Waals surface area contributed by atoms with Crippen LogP contribution in [0.3, 0.4) is 0 Å². The minimum Gasteiger partial charge on any atom is -0.441 e. The van der Waals surface area contributed by atoms with Gasteiger partial charge in [-0.1, -0.05) is 54.8 Å². The Hall–Kier alpha value is -0.830. The average Bonchev–Trinajstić information content (AvgIpc) is 2.80. The molecule has 1 fully saturated rings. The smallest absolute Gasteiger partial charge is 0.196 e. The molecule has 0 N–H and O–H groups in total. The number of benzene rings is 1. The van der Waals surface area contributed by atoms with E-state index in [9.17, 15) is 0 Å². The summed E-state index contributed by atoms with van der Waals surface area (Å²) >= 11 is 3.91. The summed E-state index contributed by atoms with van der Waals surface area (Å²) in [5.41, 5.74) is 2.27. The molecule has 0 aliphatic heterocycles. The Balaban J connectivity index is 1.76. The first-order chi connectivity index (χ1) is 9.56. The van der Waals surface area contributed by atoms with Gasteiger partial charge < -0.3 is 4.42 Å². The normalized spacial score (nSPS) is 23.9. The molecule has 2 unspecified atom stereocenters. The van der Waals surface area contributed by atoms with E-state index in [2.05, 4.69) is 34.8 Å². The van der Waals surface area contributed by atoms with Crippen LogP contribution < -0.4 is 0 Å². The first-order valence-corrected chi connectivity index (χ1v) is 8.46. The number of oxazole rings is 1. The lowest BCUT2D eigenvalue weighted by Crippen LogP contribution is -2.35. The first kappa shape index (κ1) is 14.1. The summed E-state index contributed by atoms with van der Waals surface area (Å²) in [6.07, 6.45) is 6.23. The van der Waals surface area contributed by atoms with Crippen LogP contribution in [0.15, 0.2) is 28.7 Å². The van der Waals surface area contributed by atoms with E-state index in [1.54, 1.807) is 0 Å². The fourth-order valence-corrected chi connectivity index (χ4v) is 4.76. The third-order valence-electron chi connectivity index (χ3n) is 4.73. The van der Waals surface area contributed by atoms with Crippen molar-refractivity contribution in [3.63, 3.8) is 0 Å². The lowest BCUT2D eigenvalue weighted by molar-refractivity contribution is 0.134. The van der Waals surface area contributed by atoms with Crippen LogP contribution in [0.25, 0.3) is 11.1 Å². The molecular formula is C17H22BrNO. The molecule has 0 saturated heterocycles. The van der Waals surface area contributed by atoms with Gasteiger partial charge in [-0.2, -0.15) is 0 Å². The molecule has 0 bridgehead atoms. The lowest BCUT2D eigenvalue weighted by atomic mass is 9.67. The fraction of sp³-hybridized carbons (Fsp3) is 0.588. The molecule has 1 heterocycles. The van der Waals surface area contributed by atoms with Crippen LogP contribution in [0, 0.1) is 11.3 Å². The van der Waals surface area contributed by atoms with E-state index in [0.29, 0.717) is 16.2 Å². The summed E-state index contributed by atoms with van der Waals surface area (Å²) in [6.45, 7) is 4.80. The van der Waals surface area contributed by atoms with Crippen molar-refractivity contribution in [1.29, 1.82) is 0 Å². The van der Waals surface area contributed by atoms with E-state index in [1.165, 1.54) is 25.7 Å². The van der Waals surface area contributed by atoms with Crippen LogP contribution in [-0.2, 0) is 6.42 Å². The highest BCUT2D eigenvalue weighted by Crippen LogP contribution is 2.45. The zero-order chi connectivity index (χ0) is 14.2. The Morgan fingerprint density at radius 3 is 2.90 bits per heavy atom. The molecule has 1 saturated carbocycles. The molecule has 1 aliphatic carbocycles. The Bertz CT molecular complexity index is 556. The van der Waals surface area contributed by atoms with Crippen LogP contribution in [-0.4, -0.2) is 9.81 Å². The molecule has 1 aliphatic rings. The summed E-state index contributed by atoms with van der Waals surface area (Å²) in [5, 5.41) is 0. The Morgan fingerprint density at radius 1 is 1.35 bits per heavy atom.